The van der Waals surface area contributed by atoms with E-state index in [1.54, 1.807) is 17.5 Å². The zero-order valence-electron chi connectivity index (χ0n) is 18.4. The number of hydrogen-bond donors (Lipinski definition) is 2. The van der Waals surface area contributed by atoms with Gasteiger partial charge in [-0.25, -0.2) is 4.79 Å². The minimum Gasteiger partial charge on any atom is -0.493 e. The zero-order chi connectivity index (χ0) is 24.8. The van der Waals surface area contributed by atoms with Gasteiger partial charge in [0, 0.05) is 21.1 Å². The average Bonchev–Trinajstić information content (AvgIpc) is 3.34. The largest absolute Gasteiger partial charge is 0.493 e. The van der Waals surface area contributed by atoms with Crippen molar-refractivity contribution in [1.29, 1.82) is 0 Å². The number of ether oxygens (including phenoxy) is 3. The summed E-state index contributed by atoms with van der Waals surface area (Å²) in [5, 5.41) is 7.15. The van der Waals surface area contributed by atoms with Gasteiger partial charge in [-0.2, -0.15) is 0 Å². The Morgan fingerprint density at radius 3 is 2.21 bits per heavy atom. The smallest absolute Gasteiger partial charge is 0.340 e. The fraction of sp³-hybridized carbons (Fsp3) is 0.174. The first kappa shape index (κ1) is 25.7. The van der Waals surface area contributed by atoms with Crippen LogP contribution >= 0.6 is 43.2 Å². The summed E-state index contributed by atoms with van der Waals surface area (Å²) < 4.78 is 17.1. The van der Waals surface area contributed by atoms with E-state index in [9.17, 15) is 14.4 Å². The van der Waals surface area contributed by atoms with E-state index in [1.807, 2.05) is 19.1 Å². The molecule has 0 atom stereocenters. The first-order valence-corrected chi connectivity index (χ1v) is 12.2. The molecule has 0 spiro atoms. The molecule has 0 aliphatic heterocycles. The van der Waals surface area contributed by atoms with E-state index in [1.165, 1.54) is 37.7 Å². The molecule has 0 aliphatic carbocycles. The molecule has 1 heterocycles. The number of thiophene rings is 1. The van der Waals surface area contributed by atoms with Crippen LogP contribution < -0.4 is 20.1 Å². The predicted octanol–water partition coefficient (Wildman–Crippen LogP) is 5.65. The fourth-order valence-electron chi connectivity index (χ4n) is 2.95. The molecule has 11 heteroatoms. The van der Waals surface area contributed by atoms with Crippen molar-refractivity contribution in [3.05, 3.63) is 66.7 Å². The second kappa shape index (κ2) is 11.5. The molecule has 1 aromatic heterocycles. The van der Waals surface area contributed by atoms with Gasteiger partial charge in [0.25, 0.3) is 11.8 Å². The Bertz CT molecular complexity index is 1210. The lowest BCUT2D eigenvalue weighted by Crippen LogP contribution is -2.22. The van der Waals surface area contributed by atoms with Gasteiger partial charge in [0.2, 0.25) is 0 Å². The third-order valence-electron chi connectivity index (χ3n) is 4.52. The van der Waals surface area contributed by atoms with Gasteiger partial charge in [0.15, 0.2) is 18.1 Å². The zero-order valence-corrected chi connectivity index (χ0v) is 22.4. The summed E-state index contributed by atoms with van der Waals surface area (Å²) in [4.78, 5) is 38.3. The second-order valence-corrected chi connectivity index (χ2v) is 9.57. The molecule has 0 saturated carbocycles. The van der Waals surface area contributed by atoms with E-state index in [0.717, 1.165) is 5.56 Å². The molecule has 34 heavy (non-hydrogen) atoms. The number of carbonyl (C=O) groups excluding carboxylic acids is 3. The summed E-state index contributed by atoms with van der Waals surface area (Å²) in [5.74, 6) is -1.18. The van der Waals surface area contributed by atoms with Gasteiger partial charge in [-0.3, -0.25) is 9.59 Å². The second-order valence-electron chi connectivity index (χ2n) is 6.91. The molecule has 2 aromatic carbocycles. The van der Waals surface area contributed by atoms with Gasteiger partial charge < -0.3 is 24.8 Å². The molecule has 0 saturated heterocycles. The average molecular weight is 612 g/mol. The van der Waals surface area contributed by atoms with Gasteiger partial charge in [0.05, 0.1) is 36.0 Å². The minimum atomic E-state index is -0.820. The van der Waals surface area contributed by atoms with Crippen molar-refractivity contribution in [2.75, 3.05) is 31.5 Å². The van der Waals surface area contributed by atoms with Gasteiger partial charge in [-0.15, -0.1) is 11.3 Å². The SMILES string of the molecule is COc1cc(NC(=O)c2cccs2)c(C(=O)OCC(=O)Nc2c(Br)cc(C)cc2Br)cc1OC. The molecular weight excluding hydrogens is 592 g/mol. The highest BCUT2D eigenvalue weighted by Crippen LogP contribution is 2.35. The Morgan fingerprint density at radius 2 is 1.62 bits per heavy atom. The van der Waals surface area contributed by atoms with Crippen LogP contribution in [0.5, 0.6) is 11.5 Å². The van der Waals surface area contributed by atoms with Crippen molar-refractivity contribution in [2.45, 2.75) is 6.92 Å². The third kappa shape index (κ3) is 6.16. The summed E-state index contributed by atoms with van der Waals surface area (Å²) in [7, 11) is 2.86. The Hall–Kier alpha value is -2.89. The first-order valence-electron chi connectivity index (χ1n) is 9.77. The minimum absolute atomic E-state index is 0.00746. The van der Waals surface area contributed by atoms with E-state index in [-0.39, 0.29) is 17.0 Å². The number of rotatable bonds is 8. The number of methoxy groups -OCH3 is 2. The van der Waals surface area contributed by atoms with Gasteiger partial charge in [-0.1, -0.05) is 6.07 Å². The van der Waals surface area contributed by atoms with Crippen LogP contribution in [0.1, 0.15) is 25.6 Å². The van der Waals surface area contributed by atoms with Crippen molar-refractivity contribution in [1.82, 2.24) is 0 Å². The van der Waals surface area contributed by atoms with E-state index in [4.69, 9.17) is 14.2 Å². The van der Waals surface area contributed by atoms with Crippen molar-refractivity contribution in [2.24, 2.45) is 0 Å². The lowest BCUT2D eigenvalue weighted by molar-refractivity contribution is -0.119. The highest BCUT2D eigenvalue weighted by Gasteiger charge is 2.22. The topological polar surface area (TPSA) is 103 Å². The van der Waals surface area contributed by atoms with Crippen molar-refractivity contribution in [3.63, 3.8) is 0 Å². The maximum absolute atomic E-state index is 12.9. The summed E-state index contributed by atoms with van der Waals surface area (Å²) in [5.41, 5.74) is 1.67. The molecule has 0 unspecified atom stereocenters. The number of anilines is 2. The van der Waals surface area contributed by atoms with E-state index >= 15 is 0 Å². The molecule has 8 nitrogen and oxygen atoms in total. The molecule has 3 aromatic rings. The highest BCUT2D eigenvalue weighted by molar-refractivity contribution is 9.11. The number of esters is 1. The molecule has 0 fully saturated rings. The van der Waals surface area contributed by atoms with Crippen LogP contribution in [0, 0.1) is 6.92 Å². The molecular formula is C23H20Br2N2O6S. The standard InChI is InChI=1S/C23H20Br2N2O6S/c1-12-7-14(24)21(15(25)8-12)27-20(28)11-33-23(30)13-9-17(31-2)18(32-3)10-16(13)26-22(29)19-5-4-6-34-19/h4-10H,11H2,1-3H3,(H,26,29)(H,27,28). The third-order valence-corrected chi connectivity index (χ3v) is 6.64. The number of hydrogen-bond acceptors (Lipinski definition) is 7. The fourth-order valence-corrected chi connectivity index (χ4v) is 5.18. The van der Waals surface area contributed by atoms with Gasteiger partial charge in [-0.05, 0) is 67.9 Å². The molecule has 0 aliphatic rings. The highest BCUT2D eigenvalue weighted by atomic mass is 79.9. The molecule has 3 rings (SSSR count). The van der Waals surface area contributed by atoms with Gasteiger partial charge >= 0.3 is 5.97 Å². The summed E-state index contributed by atoms with van der Waals surface area (Å²) >= 11 is 8.06. The lowest BCUT2D eigenvalue weighted by Gasteiger charge is -2.15. The predicted molar refractivity (Wildman–Crippen MR) is 137 cm³/mol. The van der Waals surface area contributed by atoms with Gasteiger partial charge in [0.1, 0.15) is 0 Å². The summed E-state index contributed by atoms with van der Waals surface area (Å²) in [6.45, 7) is 1.37. The Morgan fingerprint density at radius 1 is 0.971 bits per heavy atom. The molecule has 2 amide bonds. The van der Waals surface area contributed by atoms with Crippen LogP contribution in [0.4, 0.5) is 11.4 Å². The van der Waals surface area contributed by atoms with Crippen LogP contribution in [-0.4, -0.2) is 38.6 Å². The number of aryl methyl sites for hydroxylation is 1. The Balaban J connectivity index is 1.78. The monoisotopic (exact) mass is 610 g/mol. The Labute approximate surface area is 216 Å². The van der Waals surface area contributed by atoms with Crippen LogP contribution in [0.3, 0.4) is 0 Å². The molecule has 2 N–H and O–H groups in total. The van der Waals surface area contributed by atoms with E-state index < -0.39 is 24.4 Å². The van der Waals surface area contributed by atoms with Crippen molar-refractivity contribution >= 4 is 72.4 Å². The van der Waals surface area contributed by atoms with Crippen LogP contribution in [0.15, 0.2) is 50.7 Å². The van der Waals surface area contributed by atoms with Crippen molar-refractivity contribution < 1.29 is 28.6 Å². The van der Waals surface area contributed by atoms with Crippen LogP contribution in [0.25, 0.3) is 0 Å². The number of amides is 2. The van der Waals surface area contributed by atoms with E-state index in [0.29, 0.717) is 25.3 Å². The maximum Gasteiger partial charge on any atom is 0.340 e. The lowest BCUT2D eigenvalue weighted by atomic mass is 10.1. The summed E-state index contributed by atoms with van der Waals surface area (Å²) in [6, 6.07) is 9.94. The quantitative estimate of drug-likeness (QED) is 0.319. The summed E-state index contributed by atoms with van der Waals surface area (Å²) in [6.07, 6.45) is 0. The number of benzene rings is 2. The molecule has 0 radical (unpaired) electrons. The molecule has 178 valence electrons. The molecule has 0 bridgehead atoms. The first-order chi connectivity index (χ1) is 16.2. The van der Waals surface area contributed by atoms with Crippen molar-refractivity contribution in [3.8, 4) is 11.5 Å². The maximum atomic E-state index is 12.9. The van der Waals surface area contributed by atoms with Crippen LogP contribution in [0.2, 0.25) is 0 Å². The normalized spacial score (nSPS) is 10.4. The van der Waals surface area contributed by atoms with E-state index in [2.05, 4.69) is 42.5 Å². The Kier molecular flexibility index (Phi) is 8.70. The number of nitrogens with one attached hydrogen (secondary N) is 2. The number of halogens is 2. The number of carbonyl (C=O) groups is 3. The van der Waals surface area contributed by atoms with Crippen LogP contribution in [-0.2, 0) is 9.53 Å².